The molecule has 1 fully saturated rings. The number of rotatable bonds is 4. The van der Waals surface area contributed by atoms with Gasteiger partial charge in [0.25, 0.3) is 5.91 Å². The Bertz CT molecular complexity index is 717. The predicted octanol–water partition coefficient (Wildman–Crippen LogP) is 3.40. The minimum atomic E-state index is -0.192. The highest BCUT2D eigenvalue weighted by Crippen LogP contribution is 2.27. The molecule has 1 saturated heterocycles. The van der Waals surface area contributed by atoms with Gasteiger partial charge in [-0.05, 0) is 22.4 Å². The van der Waals surface area contributed by atoms with E-state index in [9.17, 15) is 9.59 Å². The minimum Gasteiger partial charge on any atom is -0.339 e. The second-order valence-electron chi connectivity index (χ2n) is 7.08. The molecule has 0 saturated carbocycles. The van der Waals surface area contributed by atoms with Gasteiger partial charge in [0.2, 0.25) is 5.91 Å². The van der Waals surface area contributed by atoms with Crippen molar-refractivity contribution in [3.05, 3.63) is 58.3 Å². The zero-order valence-corrected chi connectivity index (χ0v) is 15.6. The van der Waals surface area contributed by atoms with Crippen LogP contribution in [0.2, 0.25) is 0 Å². The predicted molar refractivity (Wildman–Crippen MR) is 101 cm³/mol. The van der Waals surface area contributed by atoms with E-state index in [1.807, 2.05) is 45.5 Å². The highest BCUT2D eigenvalue weighted by molar-refractivity contribution is 7.12. The molecule has 0 bridgehead atoms. The molecule has 132 valence electrons. The molecular weight excluding hydrogens is 332 g/mol. The van der Waals surface area contributed by atoms with Gasteiger partial charge in [0, 0.05) is 32.6 Å². The summed E-state index contributed by atoms with van der Waals surface area (Å²) >= 11 is 1.47. The average molecular weight is 356 g/mol. The molecule has 0 unspecified atom stereocenters. The number of carbonyl (C=O) groups excluding carboxylic acids is 2. The van der Waals surface area contributed by atoms with Crippen molar-refractivity contribution in [1.82, 2.24) is 9.80 Å². The quantitative estimate of drug-likeness (QED) is 0.842. The number of amides is 2. The van der Waals surface area contributed by atoms with Crippen LogP contribution in [0, 0.1) is 0 Å². The average Bonchev–Trinajstić information content (AvgIpc) is 3.16. The summed E-state index contributed by atoms with van der Waals surface area (Å²) in [6.45, 7) is 6.65. The van der Waals surface area contributed by atoms with Gasteiger partial charge in [-0.15, -0.1) is 11.3 Å². The van der Waals surface area contributed by atoms with Gasteiger partial charge in [-0.2, -0.15) is 0 Å². The van der Waals surface area contributed by atoms with Crippen LogP contribution in [0.3, 0.4) is 0 Å². The van der Waals surface area contributed by atoms with Crippen molar-refractivity contribution in [1.29, 1.82) is 0 Å². The van der Waals surface area contributed by atoms with Gasteiger partial charge in [-0.25, -0.2) is 0 Å². The molecule has 2 amide bonds. The highest BCUT2D eigenvalue weighted by Gasteiger charge is 2.30. The van der Waals surface area contributed by atoms with Crippen molar-refractivity contribution in [2.24, 2.45) is 0 Å². The van der Waals surface area contributed by atoms with Crippen LogP contribution in [0.15, 0.2) is 47.8 Å². The lowest BCUT2D eigenvalue weighted by Crippen LogP contribution is -2.51. The normalized spacial score (nSPS) is 15.3. The molecule has 2 heterocycles. The van der Waals surface area contributed by atoms with Gasteiger partial charge >= 0.3 is 0 Å². The summed E-state index contributed by atoms with van der Waals surface area (Å²) in [5.41, 5.74) is 0.984. The second-order valence-corrected chi connectivity index (χ2v) is 8.02. The Morgan fingerprint density at radius 1 is 0.960 bits per heavy atom. The second kappa shape index (κ2) is 7.40. The van der Waals surface area contributed by atoms with E-state index < -0.39 is 0 Å². The Labute approximate surface area is 153 Å². The van der Waals surface area contributed by atoms with E-state index in [0.717, 1.165) is 4.88 Å². The van der Waals surface area contributed by atoms with Crippen LogP contribution in [0.25, 0.3) is 0 Å². The Morgan fingerprint density at radius 2 is 1.60 bits per heavy atom. The SMILES string of the molecule is CC(C)(CC(=O)N1CCN(C(=O)c2cccs2)CC1)c1ccccc1. The molecule has 1 aliphatic rings. The van der Waals surface area contributed by atoms with Gasteiger partial charge in [0.15, 0.2) is 0 Å². The van der Waals surface area contributed by atoms with Crippen LogP contribution in [-0.4, -0.2) is 47.8 Å². The lowest BCUT2D eigenvalue weighted by molar-refractivity contribution is -0.133. The topological polar surface area (TPSA) is 40.6 Å². The van der Waals surface area contributed by atoms with E-state index >= 15 is 0 Å². The number of nitrogens with zero attached hydrogens (tertiary/aromatic N) is 2. The molecule has 2 aromatic rings. The van der Waals surface area contributed by atoms with E-state index in [-0.39, 0.29) is 17.2 Å². The summed E-state index contributed by atoms with van der Waals surface area (Å²) in [7, 11) is 0. The number of piperazine rings is 1. The van der Waals surface area contributed by atoms with E-state index in [1.54, 1.807) is 0 Å². The van der Waals surface area contributed by atoms with Crippen molar-refractivity contribution in [2.45, 2.75) is 25.7 Å². The van der Waals surface area contributed by atoms with Crippen molar-refractivity contribution in [3.8, 4) is 0 Å². The molecule has 3 rings (SSSR count). The van der Waals surface area contributed by atoms with Crippen LogP contribution in [-0.2, 0) is 10.2 Å². The van der Waals surface area contributed by atoms with Crippen molar-refractivity contribution in [3.63, 3.8) is 0 Å². The zero-order chi connectivity index (χ0) is 17.9. The molecule has 0 radical (unpaired) electrons. The highest BCUT2D eigenvalue weighted by atomic mass is 32.1. The van der Waals surface area contributed by atoms with Crippen LogP contribution in [0.4, 0.5) is 0 Å². The van der Waals surface area contributed by atoms with Crippen LogP contribution in [0.5, 0.6) is 0 Å². The summed E-state index contributed by atoms with van der Waals surface area (Å²) < 4.78 is 0. The van der Waals surface area contributed by atoms with Crippen LogP contribution < -0.4 is 0 Å². The smallest absolute Gasteiger partial charge is 0.264 e. The summed E-state index contributed by atoms with van der Waals surface area (Å²) in [5.74, 6) is 0.240. The van der Waals surface area contributed by atoms with E-state index in [4.69, 9.17) is 0 Å². The molecule has 4 nitrogen and oxygen atoms in total. The molecule has 0 aliphatic carbocycles. The fourth-order valence-corrected chi connectivity index (χ4v) is 3.89. The first-order valence-corrected chi connectivity index (χ1v) is 9.51. The van der Waals surface area contributed by atoms with Gasteiger partial charge < -0.3 is 9.80 Å². The number of carbonyl (C=O) groups is 2. The van der Waals surface area contributed by atoms with Crippen LogP contribution in [0.1, 0.15) is 35.5 Å². The Hall–Kier alpha value is -2.14. The van der Waals surface area contributed by atoms with E-state index in [1.165, 1.54) is 16.9 Å². The first-order chi connectivity index (χ1) is 12.0. The maximum Gasteiger partial charge on any atom is 0.264 e. The van der Waals surface area contributed by atoms with Crippen molar-refractivity contribution >= 4 is 23.2 Å². The third-order valence-corrected chi connectivity index (χ3v) is 5.66. The summed E-state index contributed by atoms with van der Waals surface area (Å²) in [4.78, 5) is 29.6. The summed E-state index contributed by atoms with van der Waals surface area (Å²) in [6.07, 6.45) is 0.482. The number of hydrogen-bond acceptors (Lipinski definition) is 3. The number of benzene rings is 1. The third kappa shape index (κ3) is 4.10. The van der Waals surface area contributed by atoms with E-state index in [0.29, 0.717) is 32.6 Å². The molecule has 1 aliphatic heterocycles. The van der Waals surface area contributed by atoms with E-state index in [2.05, 4.69) is 26.0 Å². The number of hydrogen-bond donors (Lipinski definition) is 0. The maximum atomic E-state index is 12.7. The standard InChI is InChI=1S/C20H24N2O2S/c1-20(2,16-7-4-3-5-8-16)15-18(23)21-10-12-22(13-11-21)19(24)17-9-6-14-25-17/h3-9,14H,10-13,15H2,1-2H3. The molecule has 0 spiro atoms. The van der Waals surface area contributed by atoms with Gasteiger partial charge in [0.05, 0.1) is 4.88 Å². The number of thiophene rings is 1. The minimum absolute atomic E-state index is 0.0757. The molecular formula is C20H24N2O2S. The molecule has 0 atom stereocenters. The Kier molecular flexibility index (Phi) is 5.23. The summed E-state index contributed by atoms with van der Waals surface area (Å²) in [5, 5.41) is 1.92. The summed E-state index contributed by atoms with van der Waals surface area (Å²) in [6, 6.07) is 13.9. The molecule has 1 aromatic carbocycles. The van der Waals surface area contributed by atoms with Gasteiger partial charge in [0.1, 0.15) is 0 Å². The van der Waals surface area contributed by atoms with Crippen molar-refractivity contribution < 1.29 is 9.59 Å². The Balaban J connectivity index is 1.56. The Morgan fingerprint density at radius 3 is 2.20 bits per heavy atom. The maximum absolute atomic E-state index is 12.7. The van der Waals surface area contributed by atoms with Gasteiger partial charge in [-0.3, -0.25) is 9.59 Å². The first-order valence-electron chi connectivity index (χ1n) is 8.63. The fraction of sp³-hybridized carbons (Fsp3) is 0.400. The van der Waals surface area contributed by atoms with Gasteiger partial charge in [-0.1, -0.05) is 50.2 Å². The molecule has 0 N–H and O–H groups in total. The van der Waals surface area contributed by atoms with Crippen molar-refractivity contribution in [2.75, 3.05) is 26.2 Å². The van der Waals surface area contributed by atoms with Crippen LogP contribution >= 0.6 is 11.3 Å². The molecule has 25 heavy (non-hydrogen) atoms. The largest absolute Gasteiger partial charge is 0.339 e. The monoisotopic (exact) mass is 356 g/mol. The zero-order valence-electron chi connectivity index (χ0n) is 14.8. The fourth-order valence-electron chi connectivity index (χ4n) is 3.20. The molecule has 1 aromatic heterocycles. The first kappa shape index (κ1) is 17.7. The third-order valence-electron chi connectivity index (χ3n) is 4.80. The lowest BCUT2D eigenvalue weighted by atomic mass is 9.81. The lowest BCUT2D eigenvalue weighted by Gasteiger charge is -2.36. The molecule has 5 heteroatoms.